The van der Waals surface area contributed by atoms with Crippen LogP contribution >= 0.6 is 23.2 Å². The molecule has 0 amide bonds. The summed E-state index contributed by atoms with van der Waals surface area (Å²) in [6, 6.07) is 0. The van der Waals surface area contributed by atoms with Gasteiger partial charge in [-0.05, 0) is 26.2 Å². The van der Waals surface area contributed by atoms with E-state index in [2.05, 4.69) is 5.32 Å². The summed E-state index contributed by atoms with van der Waals surface area (Å²) in [7, 11) is 0. The second kappa shape index (κ2) is 7.77. The number of nitro groups is 1. The van der Waals surface area contributed by atoms with Crippen LogP contribution in [0.2, 0.25) is 0 Å². The van der Waals surface area contributed by atoms with Gasteiger partial charge in [-0.2, -0.15) is 0 Å². The molecule has 1 aliphatic carbocycles. The van der Waals surface area contributed by atoms with Gasteiger partial charge < -0.3 is 4.74 Å². The maximum absolute atomic E-state index is 12.1. The molecule has 5 unspecified atom stereocenters. The minimum absolute atomic E-state index is 0.0175. The lowest BCUT2D eigenvalue weighted by molar-refractivity contribution is -0.543. The lowest BCUT2D eigenvalue weighted by Crippen LogP contribution is -2.43. The standard InChI is InChI=1S/C13H21Cl2N3O4/c1-8-16-7-12(18(20)21)17(8)4-5-22-13(19)10-3-2-9(14)6-11(10)15/h8-12,16H,2-7H2,1H3. The summed E-state index contributed by atoms with van der Waals surface area (Å²) in [5.74, 6) is -0.668. The minimum atomic E-state index is -0.777. The Kier molecular flexibility index (Phi) is 6.26. The zero-order valence-corrected chi connectivity index (χ0v) is 13.9. The van der Waals surface area contributed by atoms with Crippen molar-refractivity contribution in [1.29, 1.82) is 0 Å². The number of halogens is 2. The summed E-state index contributed by atoms with van der Waals surface area (Å²) in [6.45, 7) is 2.59. The Bertz CT molecular complexity index is 426. The van der Waals surface area contributed by atoms with Crippen LogP contribution in [0.5, 0.6) is 0 Å². The number of alkyl halides is 2. The average molecular weight is 354 g/mol. The van der Waals surface area contributed by atoms with Crippen LogP contribution in [0, 0.1) is 16.0 Å². The molecule has 2 rings (SSSR count). The van der Waals surface area contributed by atoms with Gasteiger partial charge in [-0.1, -0.05) is 0 Å². The number of nitrogens with zero attached hydrogens (tertiary/aromatic N) is 2. The molecular weight excluding hydrogens is 333 g/mol. The van der Waals surface area contributed by atoms with E-state index in [-0.39, 0.29) is 40.3 Å². The largest absolute Gasteiger partial charge is 0.464 e. The summed E-state index contributed by atoms with van der Waals surface area (Å²) >= 11 is 12.2. The molecule has 1 saturated heterocycles. The molecule has 1 aliphatic heterocycles. The van der Waals surface area contributed by atoms with E-state index < -0.39 is 6.17 Å². The van der Waals surface area contributed by atoms with Crippen molar-refractivity contribution in [3.05, 3.63) is 10.1 Å². The second-order valence-corrected chi connectivity index (χ2v) is 6.97. The van der Waals surface area contributed by atoms with Crippen LogP contribution in [0.3, 0.4) is 0 Å². The predicted octanol–water partition coefficient (Wildman–Crippen LogP) is 1.40. The van der Waals surface area contributed by atoms with Crippen molar-refractivity contribution in [1.82, 2.24) is 10.2 Å². The zero-order chi connectivity index (χ0) is 16.3. The number of carbonyl (C=O) groups excluding carboxylic acids is 1. The van der Waals surface area contributed by atoms with Crippen LogP contribution < -0.4 is 5.32 Å². The molecule has 1 saturated carbocycles. The molecule has 1 N–H and O–H groups in total. The van der Waals surface area contributed by atoms with Gasteiger partial charge in [0.25, 0.3) is 6.17 Å². The molecule has 0 spiro atoms. The van der Waals surface area contributed by atoms with E-state index in [4.69, 9.17) is 27.9 Å². The Morgan fingerprint density at radius 3 is 2.82 bits per heavy atom. The molecule has 7 nitrogen and oxygen atoms in total. The molecule has 0 aromatic carbocycles. The van der Waals surface area contributed by atoms with Crippen LogP contribution in [-0.2, 0) is 9.53 Å². The highest BCUT2D eigenvalue weighted by atomic mass is 35.5. The Balaban J connectivity index is 1.78. The quantitative estimate of drug-likeness (QED) is 0.348. The van der Waals surface area contributed by atoms with Crippen molar-refractivity contribution in [2.75, 3.05) is 19.7 Å². The van der Waals surface area contributed by atoms with Crippen LogP contribution in [0.4, 0.5) is 0 Å². The fraction of sp³-hybridized carbons (Fsp3) is 0.923. The Labute approximate surface area is 139 Å². The zero-order valence-electron chi connectivity index (χ0n) is 12.4. The number of esters is 1. The number of rotatable bonds is 5. The van der Waals surface area contributed by atoms with Gasteiger partial charge in [0, 0.05) is 22.2 Å². The highest BCUT2D eigenvalue weighted by Crippen LogP contribution is 2.32. The molecule has 5 atom stereocenters. The fourth-order valence-corrected chi connectivity index (χ4v) is 3.85. The fourth-order valence-electron chi connectivity index (χ4n) is 3.00. The van der Waals surface area contributed by atoms with E-state index in [0.717, 1.165) is 6.42 Å². The molecular formula is C13H21Cl2N3O4. The molecule has 0 bridgehead atoms. The predicted molar refractivity (Wildman–Crippen MR) is 82.5 cm³/mol. The topological polar surface area (TPSA) is 84.7 Å². The van der Waals surface area contributed by atoms with E-state index in [9.17, 15) is 14.9 Å². The summed E-state index contributed by atoms with van der Waals surface area (Å²) in [4.78, 5) is 24.4. The first kappa shape index (κ1) is 17.7. The van der Waals surface area contributed by atoms with Gasteiger partial charge in [-0.3, -0.25) is 20.2 Å². The molecule has 9 heteroatoms. The van der Waals surface area contributed by atoms with Gasteiger partial charge >= 0.3 is 5.97 Å². The van der Waals surface area contributed by atoms with E-state index in [0.29, 0.717) is 25.9 Å². The first-order chi connectivity index (χ1) is 10.4. The van der Waals surface area contributed by atoms with E-state index in [1.54, 1.807) is 4.90 Å². The van der Waals surface area contributed by atoms with Gasteiger partial charge in [-0.25, -0.2) is 4.90 Å². The lowest BCUT2D eigenvalue weighted by Gasteiger charge is -2.28. The van der Waals surface area contributed by atoms with Crippen molar-refractivity contribution in [3.63, 3.8) is 0 Å². The number of nitrogens with one attached hydrogen (secondary N) is 1. The van der Waals surface area contributed by atoms with Gasteiger partial charge in [0.1, 0.15) is 6.61 Å². The van der Waals surface area contributed by atoms with E-state index in [1.807, 2.05) is 6.92 Å². The van der Waals surface area contributed by atoms with Crippen molar-refractivity contribution < 1.29 is 14.5 Å². The minimum Gasteiger partial charge on any atom is -0.464 e. The Morgan fingerprint density at radius 2 is 2.18 bits per heavy atom. The third-order valence-electron chi connectivity index (χ3n) is 4.32. The molecule has 1 heterocycles. The normalized spacial score (nSPS) is 36.2. The average Bonchev–Trinajstić information content (AvgIpc) is 2.80. The molecule has 126 valence electrons. The second-order valence-electron chi connectivity index (χ2n) is 5.79. The molecule has 22 heavy (non-hydrogen) atoms. The van der Waals surface area contributed by atoms with Crippen molar-refractivity contribution in [2.45, 2.75) is 49.3 Å². The highest BCUT2D eigenvalue weighted by molar-refractivity contribution is 6.24. The monoisotopic (exact) mass is 353 g/mol. The van der Waals surface area contributed by atoms with Crippen molar-refractivity contribution in [2.24, 2.45) is 5.92 Å². The molecule has 0 aromatic heterocycles. The maximum Gasteiger partial charge on any atom is 0.310 e. The van der Waals surface area contributed by atoms with Crippen LogP contribution in [0.25, 0.3) is 0 Å². The van der Waals surface area contributed by atoms with Gasteiger partial charge in [-0.15, -0.1) is 23.2 Å². The van der Waals surface area contributed by atoms with Crippen molar-refractivity contribution in [3.8, 4) is 0 Å². The number of hydrogen-bond acceptors (Lipinski definition) is 6. The van der Waals surface area contributed by atoms with Crippen molar-refractivity contribution >= 4 is 29.2 Å². The summed E-state index contributed by atoms with van der Waals surface area (Å²) < 4.78 is 5.27. The first-order valence-electron chi connectivity index (χ1n) is 7.47. The van der Waals surface area contributed by atoms with Gasteiger partial charge in [0.2, 0.25) is 0 Å². The number of hydrogen-bond donors (Lipinski definition) is 1. The Hall–Kier alpha value is -0.630. The SMILES string of the molecule is CC1NCC([N+](=O)[O-])N1CCOC(=O)C1CCC(Cl)CC1Cl. The van der Waals surface area contributed by atoms with Crippen LogP contribution in [-0.4, -0.2) is 58.6 Å². The molecule has 2 aliphatic rings. The third-order valence-corrected chi connectivity index (χ3v) is 5.20. The summed E-state index contributed by atoms with van der Waals surface area (Å²) in [5.41, 5.74) is 0. The molecule has 0 aromatic rings. The van der Waals surface area contributed by atoms with Gasteiger partial charge in [0.15, 0.2) is 0 Å². The molecule has 2 fully saturated rings. The van der Waals surface area contributed by atoms with Gasteiger partial charge in [0.05, 0.1) is 18.6 Å². The number of ether oxygens (including phenoxy) is 1. The Morgan fingerprint density at radius 1 is 1.45 bits per heavy atom. The summed E-state index contributed by atoms with van der Waals surface area (Å²) in [6.07, 6.45) is 1.09. The van der Waals surface area contributed by atoms with Crippen LogP contribution in [0.15, 0.2) is 0 Å². The maximum atomic E-state index is 12.1. The first-order valence-corrected chi connectivity index (χ1v) is 8.35. The van der Waals surface area contributed by atoms with E-state index >= 15 is 0 Å². The number of carbonyl (C=O) groups is 1. The molecule has 0 radical (unpaired) electrons. The third kappa shape index (κ3) is 4.22. The highest BCUT2D eigenvalue weighted by Gasteiger charge is 2.39. The van der Waals surface area contributed by atoms with Crippen LogP contribution in [0.1, 0.15) is 26.2 Å². The lowest BCUT2D eigenvalue weighted by atomic mass is 9.88. The van der Waals surface area contributed by atoms with E-state index in [1.165, 1.54) is 0 Å². The smallest absolute Gasteiger partial charge is 0.310 e. The summed E-state index contributed by atoms with van der Waals surface area (Å²) in [5, 5.41) is 13.7.